The maximum Gasteiger partial charge on any atom is 0.146 e. The normalized spacial score (nSPS) is 30.3. The van der Waals surface area contributed by atoms with Crippen LogP contribution in [0.3, 0.4) is 0 Å². The molecule has 2 bridgehead atoms. The van der Waals surface area contributed by atoms with Gasteiger partial charge in [-0.3, -0.25) is 9.69 Å². The van der Waals surface area contributed by atoms with E-state index >= 15 is 0 Å². The molecular formula is C27H27NO. The van der Waals surface area contributed by atoms with E-state index in [0.29, 0.717) is 18.1 Å². The second-order valence-corrected chi connectivity index (χ2v) is 8.92. The standard InChI is InChI=1S/C27H27NO/c1-28(2)27-19-24(29)26(18-10-9-15-23(26)27)25(21-13-7-4-8-14-21)22(27)17-16-20-11-5-3-6-12-20/h3-8,11-14,23H,9-10,15,18-19H2,1-2H3/t23-,26-,27-/m1/s1. The number of allylic oxidation sites excluding steroid dienone is 1. The van der Waals surface area contributed by atoms with Gasteiger partial charge in [0.05, 0.1) is 11.0 Å². The minimum Gasteiger partial charge on any atom is -0.299 e. The van der Waals surface area contributed by atoms with Crippen LogP contribution < -0.4 is 0 Å². The Balaban J connectivity index is 1.80. The summed E-state index contributed by atoms with van der Waals surface area (Å²) in [4.78, 5) is 15.9. The van der Waals surface area contributed by atoms with Crippen molar-refractivity contribution < 1.29 is 4.79 Å². The molecular weight excluding hydrogens is 354 g/mol. The molecule has 0 saturated heterocycles. The highest BCUT2D eigenvalue weighted by Gasteiger charge is 2.71. The van der Waals surface area contributed by atoms with Gasteiger partial charge in [-0.15, -0.1) is 0 Å². The quantitative estimate of drug-likeness (QED) is 0.686. The Morgan fingerprint density at radius 3 is 2.31 bits per heavy atom. The van der Waals surface area contributed by atoms with Gasteiger partial charge in [-0.25, -0.2) is 0 Å². The average Bonchev–Trinajstić information content (AvgIpc) is 3.17. The first-order valence-corrected chi connectivity index (χ1v) is 10.7. The number of carbonyl (C=O) groups is 1. The lowest BCUT2D eigenvalue weighted by Gasteiger charge is -2.42. The number of hydrogen-bond donors (Lipinski definition) is 0. The van der Waals surface area contributed by atoms with Crippen LogP contribution in [0.1, 0.15) is 43.2 Å². The fraction of sp³-hybridized carbons (Fsp3) is 0.370. The van der Waals surface area contributed by atoms with Crippen LogP contribution in [-0.4, -0.2) is 30.3 Å². The SMILES string of the molecule is CN(C)[C@@]12CC(=O)[C@]3(CCCC[C@H]31)C(c1ccccc1)=C2C#Cc1ccccc1. The van der Waals surface area contributed by atoms with E-state index in [9.17, 15) is 4.79 Å². The van der Waals surface area contributed by atoms with Crippen LogP contribution in [0.15, 0.2) is 66.2 Å². The van der Waals surface area contributed by atoms with Gasteiger partial charge >= 0.3 is 0 Å². The van der Waals surface area contributed by atoms with Gasteiger partial charge in [0.15, 0.2) is 0 Å². The largest absolute Gasteiger partial charge is 0.299 e. The Labute approximate surface area is 173 Å². The summed E-state index contributed by atoms with van der Waals surface area (Å²) in [6, 6.07) is 20.7. The molecule has 0 radical (unpaired) electrons. The van der Waals surface area contributed by atoms with Gasteiger partial charge in [-0.2, -0.15) is 0 Å². The van der Waals surface area contributed by atoms with E-state index in [0.717, 1.165) is 24.8 Å². The molecule has 2 saturated carbocycles. The second kappa shape index (κ2) is 6.71. The lowest BCUT2D eigenvalue weighted by molar-refractivity contribution is -0.125. The minimum atomic E-state index is -0.357. The zero-order valence-electron chi connectivity index (χ0n) is 17.2. The van der Waals surface area contributed by atoms with E-state index in [1.54, 1.807) is 0 Å². The van der Waals surface area contributed by atoms with Crippen LogP contribution in [0.5, 0.6) is 0 Å². The van der Waals surface area contributed by atoms with E-state index in [1.165, 1.54) is 23.1 Å². The second-order valence-electron chi connectivity index (χ2n) is 8.92. The summed E-state index contributed by atoms with van der Waals surface area (Å²) in [5, 5.41) is 0. The Morgan fingerprint density at radius 2 is 1.62 bits per heavy atom. The molecule has 3 aliphatic rings. The number of likely N-dealkylation sites (N-methyl/N-ethyl adjacent to an activating group) is 1. The molecule has 2 fully saturated rings. The van der Waals surface area contributed by atoms with Gasteiger partial charge in [0.25, 0.3) is 0 Å². The molecule has 2 heteroatoms. The highest BCUT2D eigenvalue weighted by molar-refractivity contribution is 6.08. The van der Waals surface area contributed by atoms with Gasteiger partial charge < -0.3 is 0 Å². The molecule has 0 N–H and O–H groups in total. The summed E-state index contributed by atoms with van der Waals surface area (Å²) >= 11 is 0. The lowest BCUT2D eigenvalue weighted by atomic mass is 9.64. The molecule has 146 valence electrons. The molecule has 0 unspecified atom stereocenters. The topological polar surface area (TPSA) is 20.3 Å². The van der Waals surface area contributed by atoms with Crippen molar-refractivity contribution in [2.45, 2.75) is 37.6 Å². The zero-order chi connectivity index (χ0) is 20.1. The van der Waals surface area contributed by atoms with Crippen molar-refractivity contribution in [3.63, 3.8) is 0 Å². The third kappa shape index (κ3) is 2.44. The lowest BCUT2D eigenvalue weighted by Crippen LogP contribution is -2.48. The summed E-state index contributed by atoms with van der Waals surface area (Å²) < 4.78 is 0. The first kappa shape index (κ1) is 18.4. The van der Waals surface area contributed by atoms with Crippen LogP contribution in [0.25, 0.3) is 5.57 Å². The van der Waals surface area contributed by atoms with Crippen LogP contribution in [0, 0.1) is 23.2 Å². The van der Waals surface area contributed by atoms with E-state index in [2.05, 4.69) is 67.2 Å². The smallest absolute Gasteiger partial charge is 0.146 e. The molecule has 0 spiro atoms. The molecule has 0 aromatic heterocycles. The number of Topliss-reactive ketones (excluding diaryl/α,β-unsaturated/α-hetero) is 1. The Bertz CT molecular complexity index is 1040. The van der Waals surface area contributed by atoms with Gasteiger partial charge in [-0.05, 0) is 56.1 Å². The molecule has 0 aliphatic heterocycles. The Kier molecular flexibility index (Phi) is 4.26. The number of rotatable bonds is 2. The number of hydrogen-bond acceptors (Lipinski definition) is 2. The molecule has 0 heterocycles. The number of carbonyl (C=O) groups excluding carboxylic acids is 1. The summed E-state index contributed by atoms with van der Waals surface area (Å²) in [6.07, 6.45) is 5.00. The maximum absolute atomic E-state index is 13.6. The first-order valence-electron chi connectivity index (χ1n) is 10.7. The van der Waals surface area contributed by atoms with Crippen molar-refractivity contribution >= 4 is 11.4 Å². The molecule has 2 aromatic carbocycles. The van der Waals surface area contributed by atoms with Crippen molar-refractivity contribution in [3.8, 4) is 11.8 Å². The molecule has 5 rings (SSSR count). The highest BCUT2D eigenvalue weighted by atomic mass is 16.1. The van der Waals surface area contributed by atoms with Crippen LogP contribution in [0.2, 0.25) is 0 Å². The molecule has 3 atom stereocenters. The fourth-order valence-electron chi connectivity index (χ4n) is 6.35. The minimum absolute atomic E-state index is 0.273. The molecule has 3 aliphatic carbocycles. The predicted octanol–water partition coefficient (Wildman–Crippen LogP) is 4.96. The van der Waals surface area contributed by atoms with Crippen molar-refractivity contribution in [2.24, 2.45) is 11.3 Å². The average molecular weight is 382 g/mol. The van der Waals surface area contributed by atoms with Crippen LogP contribution >= 0.6 is 0 Å². The number of nitrogens with zero attached hydrogens (tertiary/aromatic N) is 1. The summed E-state index contributed by atoms with van der Waals surface area (Å²) in [7, 11) is 4.27. The van der Waals surface area contributed by atoms with Gasteiger partial charge in [0.2, 0.25) is 0 Å². The van der Waals surface area contributed by atoms with Crippen LogP contribution in [-0.2, 0) is 4.79 Å². The first-order chi connectivity index (χ1) is 14.1. The molecule has 29 heavy (non-hydrogen) atoms. The van der Waals surface area contributed by atoms with E-state index in [1.807, 2.05) is 24.3 Å². The van der Waals surface area contributed by atoms with Crippen molar-refractivity contribution in [1.82, 2.24) is 4.90 Å². The van der Waals surface area contributed by atoms with E-state index < -0.39 is 0 Å². The maximum atomic E-state index is 13.6. The Morgan fingerprint density at radius 1 is 0.931 bits per heavy atom. The van der Waals surface area contributed by atoms with Crippen molar-refractivity contribution in [1.29, 1.82) is 0 Å². The summed E-state index contributed by atoms with van der Waals surface area (Å²) in [5.74, 6) is 7.80. The van der Waals surface area contributed by atoms with E-state index in [-0.39, 0.29) is 11.0 Å². The molecule has 2 nitrogen and oxygen atoms in total. The van der Waals surface area contributed by atoms with Crippen molar-refractivity contribution in [3.05, 3.63) is 77.4 Å². The van der Waals surface area contributed by atoms with E-state index in [4.69, 9.17) is 0 Å². The van der Waals surface area contributed by atoms with Crippen LogP contribution in [0.4, 0.5) is 0 Å². The third-order valence-corrected chi connectivity index (χ3v) is 7.51. The van der Waals surface area contributed by atoms with Gasteiger partial charge in [0.1, 0.15) is 5.78 Å². The predicted molar refractivity (Wildman–Crippen MR) is 117 cm³/mol. The highest BCUT2D eigenvalue weighted by Crippen LogP contribution is 2.70. The Hall–Kier alpha value is -2.63. The number of ketones is 1. The summed E-state index contributed by atoms with van der Waals surface area (Å²) in [6.45, 7) is 0. The van der Waals surface area contributed by atoms with Gasteiger partial charge in [0, 0.05) is 17.6 Å². The van der Waals surface area contributed by atoms with Crippen molar-refractivity contribution in [2.75, 3.05) is 14.1 Å². The monoisotopic (exact) mass is 381 g/mol. The molecule has 0 amide bonds. The molecule has 2 aromatic rings. The summed E-state index contributed by atoms with van der Waals surface area (Å²) in [5.41, 5.74) is 3.97. The fourth-order valence-corrected chi connectivity index (χ4v) is 6.35. The zero-order valence-corrected chi connectivity index (χ0v) is 17.2. The van der Waals surface area contributed by atoms with Gasteiger partial charge in [-0.1, -0.05) is 73.2 Å². The third-order valence-electron chi connectivity index (χ3n) is 7.51. The number of benzene rings is 2.